The number of benzene rings is 1. The van der Waals surface area contributed by atoms with Crippen molar-refractivity contribution in [3.8, 4) is 17.6 Å². The predicted molar refractivity (Wildman–Crippen MR) is 113 cm³/mol. The van der Waals surface area contributed by atoms with Crippen molar-refractivity contribution in [1.29, 1.82) is 5.26 Å². The maximum absolute atomic E-state index is 12.3. The van der Waals surface area contributed by atoms with Gasteiger partial charge in [0.15, 0.2) is 18.1 Å². The number of nitrogens with zero attached hydrogens (tertiary/aromatic N) is 1. The van der Waals surface area contributed by atoms with E-state index in [1.807, 2.05) is 6.92 Å². The van der Waals surface area contributed by atoms with Crippen LogP contribution in [0, 0.1) is 11.3 Å². The molecule has 1 amide bonds. The highest BCUT2D eigenvalue weighted by atomic mass is 32.1. The molecule has 0 fully saturated rings. The zero-order valence-electron chi connectivity index (χ0n) is 17.1. The van der Waals surface area contributed by atoms with Gasteiger partial charge in [-0.3, -0.25) is 4.79 Å². The van der Waals surface area contributed by atoms with E-state index < -0.39 is 18.5 Å². The molecule has 0 saturated heterocycles. The van der Waals surface area contributed by atoms with Crippen LogP contribution in [0.25, 0.3) is 0 Å². The van der Waals surface area contributed by atoms with Crippen LogP contribution in [0.4, 0.5) is 5.00 Å². The molecule has 2 aromatic rings. The number of thiophene rings is 1. The Balaban J connectivity index is 1.63. The van der Waals surface area contributed by atoms with Gasteiger partial charge in [-0.1, -0.05) is 6.42 Å². The second-order valence-corrected chi connectivity index (χ2v) is 7.91. The van der Waals surface area contributed by atoms with Crippen LogP contribution in [-0.2, 0) is 22.4 Å². The van der Waals surface area contributed by atoms with E-state index in [4.69, 9.17) is 14.2 Å². The van der Waals surface area contributed by atoms with E-state index in [0.717, 1.165) is 42.5 Å². The van der Waals surface area contributed by atoms with E-state index in [-0.39, 0.29) is 5.56 Å². The molecular formula is C22H24N2O5S. The van der Waals surface area contributed by atoms with Crippen LogP contribution in [0.2, 0.25) is 0 Å². The van der Waals surface area contributed by atoms with Gasteiger partial charge in [0.05, 0.1) is 24.8 Å². The molecule has 30 heavy (non-hydrogen) atoms. The van der Waals surface area contributed by atoms with Crippen LogP contribution >= 0.6 is 11.3 Å². The second kappa shape index (κ2) is 10.1. The Bertz CT molecular complexity index is 977. The minimum absolute atomic E-state index is 0.257. The molecule has 0 aliphatic heterocycles. The summed E-state index contributed by atoms with van der Waals surface area (Å²) in [5, 5.41) is 12.8. The number of methoxy groups -OCH3 is 1. The van der Waals surface area contributed by atoms with Gasteiger partial charge in [-0.05, 0) is 56.4 Å². The molecule has 158 valence electrons. The van der Waals surface area contributed by atoms with Crippen molar-refractivity contribution in [3.63, 3.8) is 0 Å². The fourth-order valence-electron chi connectivity index (χ4n) is 3.40. The molecule has 1 N–H and O–H groups in total. The Hall–Kier alpha value is -3.05. The summed E-state index contributed by atoms with van der Waals surface area (Å²) < 4.78 is 15.8. The third-order valence-electron chi connectivity index (χ3n) is 4.82. The van der Waals surface area contributed by atoms with Gasteiger partial charge in [-0.2, -0.15) is 5.26 Å². The van der Waals surface area contributed by atoms with Gasteiger partial charge < -0.3 is 19.5 Å². The molecule has 0 bridgehead atoms. The number of esters is 1. The van der Waals surface area contributed by atoms with Crippen molar-refractivity contribution in [2.75, 3.05) is 25.6 Å². The van der Waals surface area contributed by atoms with Gasteiger partial charge >= 0.3 is 5.97 Å². The summed E-state index contributed by atoms with van der Waals surface area (Å²) in [5.74, 6) is -0.184. The Morgan fingerprint density at radius 1 is 1.20 bits per heavy atom. The van der Waals surface area contributed by atoms with Crippen molar-refractivity contribution in [3.05, 3.63) is 39.8 Å². The molecular weight excluding hydrogens is 404 g/mol. The molecule has 0 radical (unpaired) electrons. The number of rotatable bonds is 7. The Labute approximate surface area is 179 Å². The van der Waals surface area contributed by atoms with Crippen molar-refractivity contribution in [2.45, 2.75) is 39.0 Å². The number of hydrogen-bond donors (Lipinski definition) is 1. The molecule has 1 aromatic heterocycles. The molecule has 7 nitrogen and oxygen atoms in total. The first kappa shape index (κ1) is 21.7. The molecule has 1 aliphatic carbocycles. The van der Waals surface area contributed by atoms with Crippen molar-refractivity contribution >= 4 is 28.2 Å². The monoisotopic (exact) mass is 428 g/mol. The number of aryl methyl sites for hydroxylation is 1. The lowest BCUT2D eigenvalue weighted by Crippen LogP contribution is -2.21. The van der Waals surface area contributed by atoms with Gasteiger partial charge in [0, 0.05) is 4.88 Å². The summed E-state index contributed by atoms with van der Waals surface area (Å²) in [7, 11) is 1.51. The molecule has 1 aliphatic rings. The minimum atomic E-state index is -0.642. The van der Waals surface area contributed by atoms with E-state index in [1.165, 1.54) is 24.5 Å². The van der Waals surface area contributed by atoms with Crippen LogP contribution < -0.4 is 14.8 Å². The Kier molecular flexibility index (Phi) is 7.31. The first-order valence-corrected chi connectivity index (χ1v) is 10.7. The zero-order chi connectivity index (χ0) is 21.5. The number of carbonyl (C=O) groups excluding carboxylic acids is 2. The van der Waals surface area contributed by atoms with Crippen molar-refractivity contribution < 1.29 is 23.8 Å². The number of anilines is 1. The normalized spacial score (nSPS) is 12.8. The molecule has 8 heteroatoms. The summed E-state index contributed by atoms with van der Waals surface area (Å²) in [6.07, 6.45) is 5.09. The van der Waals surface area contributed by atoms with Gasteiger partial charge in [0.1, 0.15) is 11.1 Å². The van der Waals surface area contributed by atoms with Gasteiger partial charge in [0.25, 0.3) is 5.91 Å². The molecule has 3 rings (SSSR count). The van der Waals surface area contributed by atoms with Crippen LogP contribution in [0.3, 0.4) is 0 Å². The molecule has 1 heterocycles. The number of hydrogen-bond acceptors (Lipinski definition) is 7. The quantitative estimate of drug-likeness (QED) is 0.527. The summed E-state index contributed by atoms with van der Waals surface area (Å²) in [6.45, 7) is 1.81. The molecule has 1 aromatic carbocycles. The first-order valence-electron chi connectivity index (χ1n) is 9.89. The summed E-state index contributed by atoms with van der Waals surface area (Å²) in [6, 6.07) is 6.90. The molecule has 0 spiro atoms. The summed E-state index contributed by atoms with van der Waals surface area (Å²) in [5.41, 5.74) is 1.84. The third kappa shape index (κ3) is 4.92. The van der Waals surface area contributed by atoms with E-state index >= 15 is 0 Å². The maximum Gasteiger partial charge on any atom is 0.338 e. The predicted octanol–water partition coefficient (Wildman–Crippen LogP) is 4.09. The Morgan fingerprint density at radius 2 is 2.00 bits per heavy atom. The highest BCUT2D eigenvalue weighted by Crippen LogP contribution is 2.37. The van der Waals surface area contributed by atoms with Crippen molar-refractivity contribution in [2.24, 2.45) is 0 Å². The molecule has 0 saturated carbocycles. The highest BCUT2D eigenvalue weighted by molar-refractivity contribution is 7.16. The third-order valence-corrected chi connectivity index (χ3v) is 6.03. The average molecular weight is 429 g/mol. The van der Waals surface area contributed by atoms with Crippen LogP contribution in [-0.4, -0.2) is 32.2 Å². The number of fused-ring (bicyclic) bond motifs is 1. The largest absolute Gasteiger partial charge is 0.493 e. The van der Waals surface area contributed by atoms with Crippen LogP contribution in [0.5, 0.6) is 11.5 Å². The fraction of sp³-hybridized carbons (Fsp3) is 0.409. The van der Waals surface area contributed by atoms with Gasteiger partial charge in [0.2, 0.25) is 0 Å². The topological polar surface area (TPSA) is 97.6 Å². The Morgan fingerprint density at radius 3 is 2.73 bits per heavy atom. The highest BCUT2D eigenvalue weighted by Gasteiger charge is 2.21. The number of nitriles is 1. The van der Waals surface area contributed by atoms with E-state index in [1.54, 1.807) is 12.1 Å². The number of amides is 1. The van der Waals surface area contributed by atoms with Crippen molar-refractivity contribution in [1.82, 2.24) is 0 Å². The van der Waals surface area contributed by atoms with Gasteiger partial charge in [-0.15, -0.1) is 11.3 Å². The lowest BCUT2D eigenvalue weighted by atomic mass is 10.1. The second-order valence-electron chi connectivity index (χ2n) is 6.80. The van der Waals surface area contributed by atoms with Gasteiger partial charge in [-0.25, -0.2) is 4.79 Å². The smallest absolute Gasteiger partial charge is 0.338 e. The summed E-state index contributed by atoms with van der Waals surface area (Å²) in [4.78, 5) is 25.8. The first-order chi connectivity index (χ1) is 14.6. The molecule has 0 unspecified atom stereocenters. The number of carbonyl (C=O) groups is 2. The molecule has 0 atom stereocenters. The van der Waals surface area contributed by atoms with Crippen LogP contribution in [0.1, 0.15) is 52.5 Å². The van der Waals surface area contributed by atoms with E-state index in [2.05, 4.69) is 11.4 Å². The van der Waals surface area contributed by atoms with E-state index in [0.29, 0.717) is 28.7 Å². The maximum atomic E-state index is 12.3. The van der Waals surface area contributed by atoms with E-state index in [9.17, 15) is 14.9 Å². The lowest BCUT2D eigenvalue weighted by molar-refractivity contribution is -0.119. The summed E-state index contributed by atoms with van der Waals surface area (Å²) >= 11 is 1.44. The number of nitrogens with one attached hydrogen (secondary N) is 1. The standard InChI is InChI=1S/C22H24N2O5S/c1-3-28-18-11-14(9-10-17(18)27-2)22(26)29-13-20(25)24-21-16(12-23)15-7-5-4-6-8-19(15)30-21/h9-11H,3-8,13H2,1-2H3,(H,24,25). The SMILES string of the molecule is CCOc1cc(C(=O)OCC(=O)Nc2sc3c(c2C#N)CCCCC3)ccc1OC. The fourth-order valence-corrected chi connectivity index (χ4v) is 4.65. The minimum Gasteiger partial charge on any atom is -0.493 e. The number of ether oxygens (including phenoxy) is 3. The zero-order valence-corrected chi connectivity index (χ0v) is 17.9. The van der Waals surface area contributed by atoms with Crippen LogP contribution in [0.15, 0.2) is 18.2 Å². The average Bonchev–Trinajstić information content (AvgIpc) is 2.91. The lowest BCUT2D eigenvalue weighted by Gasteiger charge is -2.11.